The number of carboxylic acids is 1. The molecule has 4 aromatic rings. The van der Waals surface area contributed by atoms with Crippen LogP contribution in [0.3, 0.4) is 0 Å². The van der Waals surface area contributed by atoms with E-state index in [9.17, 15) is 9.90 Å². The van der Waals surface area contributed by atoms with E-state index in [0.29, 0.717) is 23.5 Å². The lowest BCUT2D eigenvalue weighted by Gasteiger charge is -2.15. The fourth-order valence-corrected chi connectivity index (χ4v) is 4.72. The van der Waals surface area contributed by atoms with Gasteiger partial charge in [0.15, 0.2) is 11.6 Å². The van der Waals surface area contributed by atoms with Gasteiger partial charge in [-0.05, 0) is 57.4 Å². The molecule has 0 amide bonds. The van der Waals surface area contributed by atoms with Gasteiger partial charge < -0.3 is 30.1 Å². The molecule has 2 aromatic heterocycles. The summed E-state index contributed by atoms with van der Waals surface area (Å²) in [6.07, 6.45) is 2.95. The molecule has 0 aliphatic carbocycles. The fraction of sp³-hybridized carbons (Fsp3) is 0.419. The highest BCUT2D eigenvalue weighted by Gasteiger charge is 2.20. The molecule has 0 unspecified atom stereocenters. The minimum Gasteiger partial charge on any atom is -0.478 e. The zero-order valence-electron chi connectivity index (χ0n) is 24.8. The number of imidazole rings is 1. The summed E-state index contributed by atoms with van der Waals surface area (Å²) >= 11 is 0. The minimum atomic E-state index is -0.930. The minimum absolute atomic E-state index is 0.295. The third-order valence-electron chi connectivity index (χ3n) is 6.97. The van der Waals surface area contributed by atoms with Crippen molar-refractivity contribution in [3.8, 4) is 11.1 Å². The smallest absolute Gasteiger partial charge is 0.336 e. The number of nitrogens with one attached hydrogen (secondary N) is 2. The normalized spacial score (nSPS) is 11.5. The lowest BCUT2D eigenvalue weighted by molar-refractivity contribution is 0.0697. The Kier molecular flexibility index (Phi) is 10.3. The lowest BCUT2D eigenvalue weighted by Crippen LogP contribution is -2.22. The number of anilines is 2. The van der Waals surface area contributed by atoms with Gasteiger partial charge in [-0.3, -0.25) is 0 Å². The van der Waals surface area contributed by atoms with Gasteiger partial charge >= 0.3 is 5.97 Å². The van der Waals surface area contributed by atoms with Gasteiger partial charge in [0.1, 0.15) is 16.9 Å². The summed E-state index contributed by atoms with van der Waals surface area (Å²) in [5.41, 5.74) is 4.74. The van der Waals surface area contributed by atoms with E-state index in [4.69, 9.17) is 4.98 Å². The Morgan fingerprint density at radius 1 is 0.902 bits per heavy atom. The van der Waals surface area contributed by atoms with E-state index in [-0.39, 0.29) is 0 Å². The number of benzene rings is 2. The first-order valence-electron chi connectivity index (χ1n) is 14.2. The highest BCUT2D eigenvalue weighted by Crippen LogP contribution is 2.30. The molecule has 0 bridgehead atoms. The highest BCUT2D eigenvalue weighted by molar-refractivity contribution is 5.96. The van der Waals surface area contributed by atoms with Gasteiger partial charge in [0.25, 0.3) is 0 Å². The largest absolute Gasteiger partial charge is 0.478 e. The molecule has 2 heterocycles. The molecule has 10 heteroatoms. The Hall–Kier alpha value is -4.02. The van der Waals surface area contributed by atoms with Gasteiger partial charge in [0, 0.05) is 39.1 Å². The summed E-state index contributed by atoms with van der Waals surface area (Å²) in [6, 6.07) is 15.2. The number of hydrogen-bond donors (Lipinski definition) is 3. The van der Waals surface area contributed by atoms with Gasteiger partial charge in [-0.15, -0.1) is 10.2 Å². The van der Waals surface area contributed by atoms with Gasteiger partial charge in [-0.25, -0.2) is 9.78 Å². The van der Waals surface area contributed by atoms with Crippen molar-refractivity contribution in [1.82, 2.24) is 29.5 Å². The maximum Gasteiger partial charge on any atom is 0.336 e. The summed E-state index contributed by atoms with van der Waals surface area (Å²) in [4.78, 5) is 21.1. The van der Waals surface area contributed by atoms with Gasteiger partial charge in [0.05, 0.1) is 5.56 Å². The first kappa shape index (κ1) is 30.0. The quantitative estimate of drug-likeness (QED) is 0.194. The van der Waals surface area contributed by atoms with E-state index in [2.05, 4.69) is 54.3 Å². The van der Waals surface area contributed by atoms with Crippen molar-refractivity contribution < 1.29 is 9.90 Å². The Morgan fingerprint density at radius 3 is 2.17 bits per heavy atom. The molecule has 0 saturated heterocycles. The number of likely N-dealkylation sites (N-methyl/N-ethyl adjacent to an activating group) is 2. The number of aromatic carboxylic acids is 1. The number of fused-ring (bicyclic) bond motifs is 1. The average Bonchev–Trinajstić information content (AvgIpc) is 3.31. The molecule has 0 aliphatic heterocycles. The average molecular weight is 559 g/mol. The summed E-state index contributed by atoms with van der Waals surface area (Å²) in [6.45, 7) is 6.00. The SMILES string of the molecule is CCCCc1nc2c(NCCN(C)C)nnc(NCCN(C)C)c2n1Cc1ccc(-c2ccccc2C(=O)O)cc1. The van der Waals surface area contributed by atoms with E-state index in [0.717, 1.165) is 79.2 Å². The molecular weight excluding hydrogens is 516 g/mol. The van der Waals surface area contributed by atoms with E-state index in [1.807, 2.05) is 52.5 Å². The molecule has 2 aromatic carbocycles. The van der Waals surface area contributed by atoms with Crippen LogP contribution in [0.2, 0.25) is 0 Å². The Bertz CT molecular complexity index is 1450. The Balaban J connectivity index is 1.74. The first-order valence-corrected chi connectivity index (χ1v) is 14.2. The number of aromatic nitrogens is 4. The van der Waals surface area contributed by atoms with Crippen LogP contribution in [-0.2, 0) is 13.0 Å². The second kappa shape index (κ2) is 14.0. The monoisotopic (exact) mass is 558 g/mol. The lowest BCUT2D eigenvalue weighted by atomic mass is 9.99. The summed E-state index contributed by atoms with van der Waals surface area (Å²) in [7, 11) is 8.19. The summed E-state index contributed by atoms with van der Waals surface area (Å²) in [5, 5.41) is 25.7. The standard InChI is InChI=1S/C31H42N8O2/c1-6-7-12-26-34-27-28(30(33-18-20-38(4)5)36-35-29(27)32-17-19-37(2)3)39(26)21-22-13-15-23(16-14-22)24-10-8-9-11-25(24)31(40)41/h8-11,13-16H,6-7,12,17-21H2,1-5H3,(H,32,35)(H,33,36)(H,40,41). The molecule has 0 radical (unpaired) electrons. The molecule has 0 atom stereocenters. The van der Waals surface area contributed by atoms with Crippen LogP contribution in [0.25, 0.3) is 22.2 Å². The van der Waals surface area contributed by atoms with E-state index >= 15 is 0 Å². The van der Waals surface area contributed by atoms with Crippen molar-refractivity contribution in [3.05, 3.63) is 65.5 Å². The van der Waals surface area contributed by atoms with Gasteiger partial charge in [0.2, 0.25) is 0 Å². The Morgan fingerprint density at radius 2 is 1.54 bits per heavy atom. The van der Waals surface area contributed by atoms with Crippen LogP contribution < -0.4 is 10.6 Å². The number of unbranched alkanes of at least 4 members (excludes halogenated alkanes) is 1. The van der Waals surface area contributed by atoms with Gasteiger partial charge in [-0.1, -0.05) is 55.8 Å². The molecule has 0 fully saturated rings. The topological polar surface area (TPSA) is 111 Å². The van der Waals surface area contributed by atoms with Crippen LogP contribution in [0.1, 0.15) is 41.5 Å². The predicted molar refractivity (Wildman–Crippen MR) is 166 cm³/mol. The molecular formula is C31H42N8O2. The molecule has 3 N–H and O–H groups in total. The number of carbonyl (C=O) groups is 1. The highest BCUT2D eigenvalue weighted by atomic mass is 16.4. The molecule has 218 valence electrons. The Labute approximate surface area is 242 Å². The number of carboxylic acid groups (broad SMARTS) is 1. The van der Waals surface area contributed by atoms with Crippen molar-refractivity contribution in [1.29, 1.82) is 0 Å². The summed E-state index contributed by atoms with van der Waals surface area (Å²) in [5.74, 6) is 1.49. The number of nitrogens with zero attached hydrogens (tertiary/aromatic N) is 6. The van der Waals surface area contributed by atoms with Crippen molar-refractivity contribution in [3.63, 3.8) is 0 Å². The molecule has 0 saturated carbocycles. The summed E-state index contributed by atoms with van der Waals surface area (Å²) < 4.78 is 2.26. The zero-order chi connectivity index (χ0) is 29.4. The van der Waals surface area contributed by atoms with Gasteiger partial charge in [-0.2, -0.15) is 0 Å². The zero-order valence-corrected chi connectivity index (χ0v) is 24.8. The van der Waals surface area contributed by atoms with Crippen LogP contribution in [0.15, 0.2) is 48.5 Å². The molecule has 0 spiro atoms. The van der Waals surface area contributed by atoms with Crippen molar-refractivity contribution in [2.45, 2.75) is 32.7 Å². The number of aryl methyl sites for hydroxylation is 1. The predicted octanol–water partition coefficient (Wildman–Crippen LogP) is 4.53. The maximum absolute atomic E-state index is 11.8. The van der Waals surface area contributed by atoms with Crippen LogP contribution >= 0.6 is 0 Å². The van der Waals surface area contributed by atoms with Crippen molar-refractivity contribution >= 4 is 28.6 Å². The van der Waals surface area contributed by atoms with E-state index < -0.39 is 5.97 Å². The number of hydrogen-bond acceptors (Lipinski definition) is 8. The first-order chi connectivity index (χ1) is 19.8. The van der Waals surface area contributed by atoms with Crippen LogP contribution in [0.5, 0.6) is 0 Å². The number of rotatable bonds is 15. The second-order valence-electron chi connectivity index (χ2n) is 10.8. The molecule has 41 heavy (non-hydrogen) atoms. The molecule has 10 nitrogen and oxygen atoms in total. The third kappa shape index (κ3) is 7.59. The molecule has 4 rings (SSSR count). The van der Waals surface area contributed by atoms with Crippen molar-refractivity contribution in [2.75, 3.05) is 65.0 Å². The second-order valence-corrected chi connectivity index (χ2v) is 10.8. The fourth-order valence-electron chi connectivity index (χ4n) is 4.72. The van der Waals surface area contributed by atoms with Crippen LogP contribution in [-0.4, -0.2) is 95.0 Å². The van der Waals surface area contributed by atoms with E-state index in [1.54, 1.807) is 12.1 Å². The van der Waals surface area contributed by atoms with Crippen LogP contribution in [0, 0.1) is 0 Å². The third-order valence-corrected chi connectivity index (χ3v) is 6.97. The molecule has 0 aliphatic rings. The van der Waals surface area contributed by atoms with Crippen LogP contribution in [0.4, 0.5) is 11.6 Å². The maximum atomic E-state index is 11.8. The van der Waals surface area contributed by atoms with Crippen molar-refractivity contribution in [2.24, 2.45) is 0 Å². The van der Waals surface area contributed by atoms with E-state index in [1.165, 1.54) is 0 Å².